The van der Waals surface area contributed by atoms with Crippen molar-refractivity contribution in [1.82, 2.24) is 0 Å². The monoisotopic (exact) mass is 306 g/mol. The van der Waals surface area contributed by atoms with Crippen molar-refractivity contribution in [3.63, 3.8) is 0 Å². The Balaban J connectivity index is 2.35. The summed E-state index contributed by atoms with van der Waals surface area (Å²) in [5.41, 5.74) is 0. The summed E-state index contributed by atoms with van der Waals surface area (Å²) in [7, 11) is -1.81. The maximum atomic E-state index is 11.4. The zero-order chi connectivity index (χ0) is 15.1. The highest BCUT2D eigenvalue weighted by Crippen LogP contribution is 2.38. The van der Waals surface area contributed by atoms with Gasteiger partial charge in [0.25, 0.3) is 0 Å². The molecule has 0 saturated carbocycles. The highest BCUT2D eigenvalue weighted by atomic mass is 32.1. The van der Waals surface area contributed by atoms with Gasteiger partial charge in [0.1, 0.15) is 5.75 Å². The Morgan fingerprint density at radius 1 is 1.20 bits per heavy atom. The quantitative estimate of drug-likeness (QED) is 0.554. The summed E-state index contributed by atoms with van der Waals surface area (Å²) in [5, 5.41) is 1.28. The molecule has 0 spiro atoms. The van der Waals surface area contributed by atoms with Crippen LogP contribution in [0.15, 0.2) is 24.3 Å². The van der Waals surface area contributed by atoms with Crippen LogP contribution in [0, 0.1) is 0 Å². The van der Waals surface area contributed by atoms with Gasteiger partial charge >= 0.3 is 0 Å². The largest absolute Gasteiger partial charge is 0.543 e. The predicted octanol–water partition coefficient (Wildman–Crippen LogP) is 5.49. The molecule has 0 unspecified atom stereocenters. The minimum atomic E-state index is -1.81. The maximum Gasteiger partial charge on any atom is 0.250 e. The molecule has 2 nitrogen and oxygen atoms in total. The minimum absolute atomic E-state index is 0.123. The first-order chi connectivity index (χ1) is 9.10. The van der Waals surface area contributed by atoms with Crippen molar-refractivity contribution < 1.29 is 9.22 Å². The fourth-order valence-electron chi connectivity index (χ4n) is 1.71. The van der Waals surface area contributed by atoms with Crippen LogP contribution in [0.2, 0.25) is 18.1 Å². The molecule has 0 amide bonds. The molecule has 0 N–H and O–H groups in total. The van der Waals surface area contributed by atoms with Gasteiger partial charge in [0.2, 0.25) is 8.32 Å². The predicted molar refractivity (Wildman–Crippen MR) is 89.7 cm³/mol. The second-order valence-corrected chi connectivity index (χ2v) is 12.5. The van der Waals surface area contributed by atoms with Gasteiger partial charge < -0.3 is 4.43 Å². The summed E-state index contributed by atoms with van der Waals surface area (Å²) in [5.74, 6) is 1.04. The van der Waals surface area contributed by atoms with E-state index in [-0.39, 0.29) is 10.8 Å². The van der Waals surface area contributed by atoms with E-state index in [2.05, 4.69) is 46.0 Å². The van der Waals surface area contributed by atoms with Crippen LogP contribution in [-0.4, -0.2) is 14.1 Å². The Hall–Kier alpha value is -1.13. The van der Waals surface area contributed by atoms with E-state index in [0.29, 0.717) is 0 Å². The molecule has 20 heavy (non-hydrogen) atoms. The van der Waals surface area contributed by atoms with Gasteiger partial charge in [-0.1, -0.05) is 20.8 Å². The van der Waals surface area contributed by atoms with E-state index >= 15 is 0 Å². The van der Waals surface area contributed by atoms with Crippen molar-refractivity contribution in [3.8, 4) is 5.75 Å². The summed E-state index contributed by atoms with van der Waals surface area (Å²) in [6, 6.07) is 8.08. The Bertz CT molecular complexity index is 650. The SMILES string of the molecule is CC(=O)c1cc2cc(O[Si](C)(C)C(C)(C)C)ccc2s1. The Labute approximate surface area is 125 Å². The van der Waals surface area contributed by atoms with Gasteiger partial charge in [-0.05, 0) is 54.7 Å². The molecule has 1 aromatic heterocycles. The van der Waals surface area contributed by atoms with Crippen molar-refractivity contribution in [2.75, 3.05) is 0 Å². The lowest BCUT2D eigenvalue weighted by molar-refractivity contribution is 0.102. The van der Waals surface area contributed by atoms with Crippen molar-refractivity contribution in [2.24, 2.45) is 0 Å². The van der Waals surface area contributed by atoms with E-state index in [1.165, 1.54) is 0 Å². The van der Waals surface area contributed by atoms with Gasteiger partial charge in [-0.15, -0.1) is 11.3 Å². The molecule has 2 rings (SSSR count). The molecule has 0 aliphatic rings. The first-order valence-electron chi connectivity index (χ1n) is 6.84. The summed E-state index contributed by atoms with van der Waals surface area (Å²) < 4.78 is 7.44. The highest BCUT2D eigenvalue weighted by molar-refractivity contribution is 7.20. The maximum absolute atomic E-state index is 11.4. The molecule has 0 aliphatic heterocycles. The number of carbonyl (C=O) groups excluding carboxylic acids is 1. The van der Waals surface area contributed by atoms with Crippen molar-refractivity contribution in [2.45, 2.75) is 45.8 Å². The van der Waals surface area contributed by atoms with Crippen molar-refractivity contribution in [1.29, 1.82) is 0 Å². The third-order valence-electron chi connectivity index (χ3n) is 4.01. The highest BCUT2D eigenvalue weighted by Gasteiger charge is 2.38. The van der Waals surface area contributed by atoms with Crippen LogP contribution in [0.5, 0.6) is 5.75 Å². The lowest BCUT2D eigenvalue weighted by atomic mass is 10.2. The number of ketones is 1. The molecule has 0 atom stereocenters. The lowest BCUT2D eigenvalue weighted by Crippen LogP contribution is -2.43. The Kier molecular flexibility index (Phi) is 3.82. The fourth-order valence-corrected chi connectivity index (χ4v) is 3.67. The van der Waals surface area contributed by atoms with E-state index in [1.54, 1.807) is 18.3 Å². The first-order valence-corrected chi connectivity index (χ1v) is 10.6. The molecule has 108 valence electrons. The van der Waals surface area contributed by atoms with E-state index in [1.807, 2.05) is 12.1 Å². The number of Topliss-reactive ketones (excluding diaryl/α,β-unsaturated/α-hetero) is 1. The van der Waals surface area contributed by atoms with Crippen LogP contribution in [0.3, 0.4) is 0 Å². The summed E-state index contributed by atoms with van der Waals surface area (Å²) in [6.07, 6.45) is 0. The molecule has 0 radical (unpaired) electrons. The molecular weight excluding hydrogens is 284 g/mol. The van der Waals surface area contributed by atoms with Crippen LogP contribution >= 0.6 is 11.3 Å². The topological polar surface area (TPSA) is 26.3 Å². The Morgan fingerprint density at radius 2 is 1.85 bits per heavy atom. The lowest BCUT2D eigenvalue weighted by Gasteiger charge is -2.36. The standard InChI is InChI=1S/C16H22O2SSi/c1-11(17)15-10-12-9-13(7-8-14(12)19-15)18-20(5,6)16(2,3)4/h7-10H,1-6H3. The molecule has 2 aromatic rings. The number of fused-ring (bicyclic) bond motifs is 1. The number of benzene rings is 1. The Morgan fingerprint density at radius 3 is 2.40 bits per heavy atom. The summed E-state index contributed by atoms with van der Waals surface area (Å²) >= 11 is 1.54. The molecule has 0 saturated heterocycles. The van der Waals surface area contributed by atoms with Gasteiger partial charge in [-0.2, -0.15) is 0 Å². The van der Waals surface area contributed by atoms with Crippen LogP contribution in [0.4, 0.5) is 0 Å². The number of hydrogen-bond donors (Lipinski definition) is 0. The number of rotatable bonds is 3. The smallest absolute Gasteiger partial charge is 0.250 e. The van der Waals surface area contributed by atoms with E-state index < -0.39 is 8.32 Å². The zero-order valence-electron chi connectivity index (χ0n) is 13.0. The normalized spacial score (nSPS) is 12.7. The van der Waals surface area contributed by atoms with Gasteiger partial charge in [0, 0.05) is 4.70 Å². The van der Waals surface area contributed by atoms with Gasteiger partial charge in [0.15, 0.2) is 5.78 Å². The molecule has 0 bridgehead atoms. The van der Waals surface area contributed by atoms with Crippen LogP contribution in [0.1, 0.15) is 37.4 Å². The molecule has 0 fully saturated rings. The third-order valence-corrected chi connectivity index (χ3v) is 9.59. The minimum Gasteiger partial charge on any atom is -0.543 e. The number of thiophene rings is 1. The number of carbonyl (C=O) groups is 1. The van der Waals surface area contributed by atoms with Gasteiger partial charge in [-0.3, -0.25) is 4.79 Å². The molecular formula is C16H22O2SSi. The van der Waals surface area contributed by atoms with Gasteiger partial charge in [0.05, 0.1) is 4.88 Å². The average Bonchev–Trinajstić information content (AvgIpc) is 2.69. The second kappa shape index (κ2) is 5.01. The van der Waals surface area contributed by atoms with E-state index in [9.17, 15) is 4.79 Å². The second-order valence-electron chi connectivity index (χ2n) is 6.73. The van der Waals surface area contributed by atoms with E-state index in [4.69, 9.17) is 4.43 Å². The number of hydrogen-bond acceptors (Lipinski definition) is 3. The molecule has 1 heterocycles. The first kappa shape index (κ1) is 15.3. The molecule has 1 aromatic carbocycles. The van der Waals surface area contributed by atoms with Crippen molar-refractivity contribution >= 4 is 35.5 Å². The van der Waals surface area contributed by atoms with Crippen LogP contribution < -0.4 is 4.43 Å². The average molecular weight is 307 g/mol. The zero-order valence-corrected chi connectivity index (χ0v) is 14.9. The summed E-state index contributed by atoms with van der Waals surface area (Å²) in [6.45, 7) is 12.8. The summed E-state index contributed by atoms with van der Waals surface area (Å²) in [4.78, 5) is 12.3. The van der Waals surface area contributed by atoms with Crippen molar-refractivity contribution in [3.05, 3.63) is 29.1 Å². The van der Waals surface area contributed by atoms with Gasteiger partial charge in [-0.25, -0.2) is 0 Å². The van der Waals surface area contributed by atoms with Crippen LogP contribution in [0.25, 0.3) is 10.1 Å². The van der Waals surface area contributed by atoms with E-state index in [0.717, 1.165) is 20.7 Å². The fraction of sp³-hybridized carbons (Fsp3) is 0.438. The molecule has 0 aliphatic carbocycles. The van der Waals surface area contributed by atoms with Crippen LogP contribution in [-0.2, 0) is 0 Å². The third kappa shape index (κ3) is 2.96. The molecule has 4 heteroatoms.